The third-order valence-electron chi connectivity index (χ3n) is 4.36. The third-order valence-corrected chi connectivity index (χ3v) is 4.36. The van der Waals surface area contributed by atoms with E-state index < -0.39 is 0 Å². The van der Waals surface area contributed by atoms with Crippen molar-refractivity contribution < 1.29 is 19.1 Å². The Bertz CT molecular complexity index is 916. The third kappa shape index (κ3) is 3.71. The first-order chi connectivity index (χ1) is 13.5. The van der Waals surface area contributed by atoms with E-state index >= 15 is 0 Å². The number of para-hydroxylation sites is 1. The Hall–Kier alpha value is -3.28. The van der Waals surface area contributed by atoms with Gasteiger partial charge in [-0.1, -0.05) is 18.2 Å². The van der Waals surface area contributed by atoms with Crippen molar-refractivity contribution in [3.8, 4) is 11.5 Å². The highest BCUT2D eigenvalue weighted by atomic mass is 16.5. The van der Waals surface area contributed by atoms with Crippen molar-refractivity contribution in [2.45, 2.75) is 26.9 Å². The van der Waals surface area contributed by atoms with Crippen LogP contribution in [0.1, 0.15) is 26.3 Å². The van der Waals surface area contributed by atoms with Gasteiger partial charge in [-0.3, -0.25) is 14.5 Å². The molecule has 3 rings (SSSR count). The molecule has 1 aliphatic heterocycles. The fraction of sp³-hybridized carbons (Fsp3) is 0.273. The fourth-order valence-corrected chi connectivity index (χ4v) is 3.11. The van der Waals surface area contributed by atoms with Gasteiger partial charge in [0.15, 0.2) is 0 Å². The second kappa shape index (κ2) is 8.17. The molecule has 2 amide bonds. The number of methoxy groups -OCH3 is 1. The summed E-state index contributed by atoms with van der Waals surface area (Å²) in [6.07, 6.45) is 0.0748. The molecule has 6 nitrogen and oxygen atoms in total. The van der Waals surface area contributed by atoms with Crippen LogP contribution in [-0.2, 0) is 9.59 Å². The molecule has 0 radical (unpaired) electrons. The summed E-state index contributed by atoms with van der Waals surface area (Å²) in [6.45, 7) is 5.98. The molecule has 28 heavy (non-hydrogen) atoms. The minimum atomic E-state index is -0.351. The Morgan fingerprint density at radius 2 is 1.68 bits per heavy atom. The van der Waals surface area contributed by atoms with Gasteiger partial charge in [-0.05, 0) is 51.1 Å². The molecule has 0 saturated heterocycles. The quantitative estimate of drug-likeness (QED) is 0.742. The van der Waals surface area contributed by atoms with Crippen LogP contribution >= 0.6 is 0 Å². The Morgan fingerprint density at radius 1 is 1.00 bits per heavy atom. The van der Waals surface area contributed by atoms with Crippen molar-refractivity contribution in [3.05, 3.63) is 59.8 Å². The average molecular weight is 380 g/mol. The highest BCUT2D eigenvalue weighted by molar-refractivity contribution is 6.37. The van der Waals surface area contributed by atoms with Crippen molar-refractivity contribution >= 4 is 23.1 Å². The van der Waals surface area contributed by atoms with E-state index in [0.29, 0.717) is 29.1 Å². The van der Waals surface area contributed by atoms with E-state index in [-0.39, 0.29) is 23.6 Å². The lowest BCUT2D eigenvalue weighted by Gasteiger charge is -2.13. The molecule has 0 aromatic heterocycles. The van der Waals surface area contributed by atoms with Gasteiger partial charge in [0, 0.05) is 17.8 Å². The van der Waals surface area contributed by atoms with Gasteiger partial charge >= 0.3 is 0 Å². The van der Waals surface area contributed by atoms with Gasteiger partial charge in [0.25, 0.3) is 11.8 Å². The standard InChI is InChI=1S/C22H24N2O4/c1-5-24-21(25)19(17-8-6-7-9-18(17)27-4)20(22(24)26)23-15-10-12-16(13-11-15)28-14(2)3/h6-14,23H,5H2,1-4H3. The Balaban J connectivity index is 2.01. The van der Waals surface area contributed by atoms with Gasteiger partial charge in [-0.2, -0.15) is 0 Å². The van der Waals surface area contributed by atoms with E-state index in [1.54, 1.807) is 26.2 Å². The van der Waals surface area contributed by atoms with Crippen LogP contribution in [0.15, 0.2) is 54.2 Å². The zero-order valence-corrected chi connectivity index (χ0v) is 16.5. The predicted molar refractivity (Wildman–Crippen MR) is 108 cm³/mol. The number of rotatable bonds is 7. The molecule has 2 aromatic carbocycles. The highest BCUT2D eigenvalue weighted by Gasteiger charge is 2.39. The molecule has 1 heterocycles. The summed E-state index contributed by atoms with van der Waals surface area (Å²) in [4.78, 5) is 27.0. The maximum Gasteiger partial charge on any atom is 0.278 e. The molecule has 0 saturated carbocycles. The van der Waals surface area contributed by atoms with Crippen molar-refractivity contribution in [1.29, 1.82) is 0 Å². The predicted octanol–water partition coefficient (Wildman–Crippen LogP) is 3.69. The van der Waals surface area contributed by atoms with Crippen LogP contribution in [0.5, 0.6) is 11.5 Å². The molecule has 2 aromatic rings. The zero-order chi connectivity index (χ0) is 20.3. The largest absolute Gasteiger partial charge is 0.496 e. The fourth-order valence-electron chi connectivity index (χ4n) is 3.11. The molecule has 1 N–H and O–H groups in total. The maximum absolute atomic E-state index is 12.9. The highest BCUT2D eigenvalue weighted by Crippen LogP contribution is 2.35. The lowest BCUT2D eigenvalue weighted by Crippen LogP contribution is -2.32. The molecule has 0 fully saturated rings. The topological polar surface area (TPSA) is 67.9 Å². The van der Waals surface area contributed by atoms with Crippen LogP contribution in [0.3, 0.4) is 0 Å². The van der Waals surface area contributed by atoms with Gasteiger partial charge in [0.1, 0.15) is 17.2 Å². The monoisotopic (exact) mass is 380 g/mol. The number of carbonyl (C=O) groups excluding carboxylic acids is 2. The lowest BCUT2D eigenvalue weighted by atomic mass is 10.0. The van der Waals surface area contributed by atoms with Gasteiger partial charge in [-0.15, -0.1) is 0 Å². The molecular formula is C22H24N2O4. The number of carbonyl (C=O) groups is 2. The number of hydrogen-bond donors (Lipinski definition) is 1. The Kier molecular flexibility index (Phi) is 5.68. The lowest BCUT2D eigenvalue weighted by molar-refractivity contribution is -0.136. The summed E-state index contributed by atoms with van der Waals surface area (Å²) in [5.41, 5.74) is 1.83. The zero-order valence-electron chi connectivity index (χ0n) is 16.5. The van der Waals surface area contributed by atoms with E-state index in [0.717, 1.165) is 5.75 Å². The number of imide groups is 1. The maximum atomic E-state index is 12.9. The molecule has 0 unspecified atom stereocenters. The summed E-state index contributed by atoms with van der Waals surface area (Å²) in [7, 11) is 1.54. The Morgan fingerprint density at radius 3 is 2.29 bits per heavy atom. The molecule has 1 aliphatic rings. The smallest absolute Gasteiger partial charge is 0.278 e. The number of amides is 2. The van der Waals surface area contributed by atoms with Crippen molar-refractivity contribution in [2.75, 3.05) is 19.0 Å². The van der Waals surface area contributed by atoms with E-state index in [2.05, 4.69) is 5.32 Å². The molecule has 0 bridgehead atoms. The molecule has 0 aliphatic carbocycles. The van der Waals surface area contributed by atoms with E-state index in [9.17, 15) is 9.59 Å². The van der Waals surface area contributed by atoms with Gasteiger partial charge in [-0.25, -0.2) is 0 Å². The number of nitrogens with one attached hydrogen (secondary N) is 1. The Labute approximate surface area is 164 Å². The van der Waals surface area contributed by atoms with Crippen LogP contribution in [0, 0.1) is 0 Å². The average Bonchev–Trinajstić information content (AvgIpc) is 2.92. The molecule has 146 valence electrons. The van der Waals surface area contributed by atoms with Crippen molar-refractivity contribution in [1.82, 2.24) is 4.90 Å². The van der Waals surface area contributed by atoms with Gasteiger partial charge < -0.3 is 14.8 Å². The summed E-state index contributed by atoms with van der Waals surface area (Å²) in [5.74, 6) is 0.593. The summed E-state index contributed by atoms with van der Waals surface area (Å²) in [5, 5.41) is 3.12. The number of ether oxygens (including phenoxy) is 2. The number of benzene rings is 2. The van der Waals surface area contributed by atoms with Crippen LogP contribution in [0.4, 0.5) is 5.69 Å². The molecule has 0 atom stereocenters. The number of nitrogens with zero attached hydrogens (tertiary/aromatic N) is 1. The summed E-state index contributed by atoms with van der Waals surface area (Å²) < 4.78 is 11.0. The van der Waals surface area contributed by atoms with Gasteiger partial charge in [0.2, 0.25) is 0 Å². The van der Waals surface area contributed by atoms with E-state index in [1.165, 1.54) is 4.90 Å². The normalized spacial score (nSPS) is 14.1. The second-order valence-corrected chi connectivity index (χ2v) is 6.62. The van der Waals surface area contributed by atoms with Crippen LogP contribution in [-0.4, -0.2) is 36.5 Å². The summed E-state index contributed by atoms with van der Waals surface area (Å²) >= 11 is 0. The van der Waals surface area contributed by atoms with Crippen molar-refractivity contribution in [2.24, 2.45) is 0 Å². The number of likely N-dealkylation sites (N-methyl/N-ethyl adjacent to an activating group) is 1. The first-order valence-electron chi connectivity index (χ1n) is 9.23. The van der Waals surface area contributed by atoms with Crippen LogP contribution in [0.25, 0.3) is 5.57 Å². The minimum absolute atomic E-state index is 0.0748. The van der Waals surface area contributed by atoms with Crippen LogP contribution < -0.4 is 14.8 Å². The van der Waals surface area contributed by atoms with Gasteiger partial charge in [0.05, 0.1) is 18.8 Å². The number of hydrogen-bond acceptors (Lipinski definition) is 5. The van der Waals surface area contributed by atoms with Crippen molar-refractivity contribution in [3.63, 3.8) is 0 Å². The molecular weight excluding hydrogens is 356 g/mol. The van der Waals surface area contributed by atoms with E-state index in [4.69, 9.17) is 9.47 Å². The SMILES string of the molecule is CCN1C(=O)C(Nc2ccc(OC(C)C)cc2)=C(c2ccccc2OC)C1=O. The second-order valence-electron chi connectivity index (χ2n) is 6.62. The summed E-state index contributed by atoms with van der Waals surface area (Å²) in [6, 6.07) is 14.5. The molecule has 6 heteroatoms. The first kappa shape index (κ1) is 19.5. The van der Waals surface area contributed by atoms with Crippen LogP contribution in [0.2, 0.25) is 0 Å². The first-order valence-corrected chi connectivity index (χ1v) is 9.23. The number of anilines is 1. The molecule has 0 spiro atoms. The van der Waals surface area contributed by atoms with E-state index in [1.807, 2.05) is 50.2 Å². The minimum Gasteiger partial charge on any atom is -0.496 e.